The van der Waals surface area contributed by atoms with Crippen LogP contribution in [-0.2, 0) is 6.54 Å². The van der Waals surface area contributed by atoms with Crippen LogP contribution in [0.15, 0.2) is 66.5 Å². The highest BCUT2D eigenvalue weighted by Crippen LogP contribution is 2.18. The molecule has 0 radical (unpaired) electrons. The van der Waals surface area contributed by atoms with E-state index < -0.39 is 0 Å². The van der Waals surface area contributed by atoms with E-state index in [0.717, 1.165) is 16.7 Å². The number of nitrogens with one attached hydrogen (secondary N) is 3. The summed E-state index contributed by atoms with van der Waals surface area (Å²) in [5, 5.41) is 9.65. The van der Waals surface area contributed by atoms with Crippen LogP contribution in [0.5, 0.6) is 0 Å². The van der Waals surface area contributed by atoms with Crippen molar-refractivity contribution < 1.29 is 9.18 Å². The highest BCUT2D eigenvalue weighted by molar-refractivity contribution is 5.98. The highest BCUT2D eigenvalue weighted by atomic mass is 19.1. The van der Waals surface area contributed by atoms with E-state index in [1.165, 1.54) is 12.4 Å². The van der Waals surface area contributed by atoms with Gasteiger partial charge < -0.3 is 21.9 Å². The Bertz CT molecular complexity index is 1210. The lowest BCUT2D eigenvalue weighted by molar-refractivity contribution is 0.0945. The third-order valence-corrected chi connectivity index (χ3v) is 5.23. The predicted molar refractivity (Wildman–Crippen MR) is 129 cm³/mol. The maximum atomic E-state index is 13.4. The van der Waals surface area contributed by atoms with Crippen LogP contribution in [0, 0.1) is 12.7 Å². The van der Waals surface area contributed by atoms with Crippen molar-refractivity contribution in [1.29, 1.82) is 0 Å². The second-order valence-electron chi connectivity index (χ2n) is 7.64. The predicted octanol–water partition coefficient (Wildman–Crippen LogP) is 2.26. The average Bonchev–Trinajstić information content (AvgIpc) is 2.85. The van der Waals surface area contributed by atoms with Gasteiger partial charge in [0.15, 0.2) is 5.84 Å². The second-order valence-corrected chi connectivity index (χ2v) is 7.64. The Balaban J connectivity index is 1.63. The fourth-order valence-electron chi connectivity index (χ4n) is 3.28. The first-order valence-corrected chi connectivity index (χ1v) is 10.5. The molecule has 10 heteroatoms. The number of aryl methyl sites for hydroxylation is 1. The molecule has 1 aromatic heterocycles. The lowest BCUT2D eigenvalue weighted by Gasteiger charge is -2.18. The summed E-state index contributed by atoms with van der Waals surface area (Å²) >= 11 is 0. The molecule has 1 unspecified atom stereocenters. The summed E-state index contributed by atoms with van der Waals surface area (Å²) in [6, 6.07) is 13.7. The van der Waals surface area contributed by atoms with Crippen LogP contribution >= 0.6 is 0 Å². The molecule has 0 aliphatic carbocycles. The Morgan fingerprint density at radius 2 is 1.85 bits per heavy atom. The molecule has 0 fully saturated rings. The molecule has 34 heavy (non-hydrogen) atoms. The van der Waals surface area contributed by atoms with Crippen molar-refractivity contribution >= 4 is 17.4 Å². The van der Waals surface area contributed by atoms with Crippen LogP contribution in [0.2, 0.25) is 0 Å². The molecule has 1 heterocycles. The lowest BCUT2D eigenvalue weighted by Crippen LogP contribution is -2.32. The van der Waals surface area contributed by atoms with Gasteiger partial charge in [0.2, 0.25) is 0 Å². The van der Waals surface area contributed by atoms with Gasteiger partial charge in [0.1, 0.15) is 17.8 Å². The Morgan fingerprint density at radius 3 is 2.50 bits per heavy atom. The van der Waals surface area contributed by atoms with E-state index in [2.05, 4.69) is 37.7 Å². The monoisotopic (exact) mass is 462 g/mol. The van der Waals surface area contributed by atoms with Crippen LogP contribution in [0.4, 0.5) is 4.39 Å². The minimum Gasteiger partial charge on any atom is -0.377 e. The van der Waals surface area contributed by atoms with Gasteiger partial charge in [0.05, 0.1) is 11.4 Å². The van der Waals surface area contributed by atoms with E-state index in [0.29, 0.717) is 22.8 Å². The van der Waals surface area contributed by atoms with Gasteiger partial charge in [0.25, 0.3) is 5.91 Å². The van der Waals surface area contributed by atoms with Crippen molar-refractivity contribution in [2.45, 2.75) is 26.4 Å². The van der Waals surface area contributed by atoms with Crippen molar-refractivity contribution in [3.05, 3.63) is 101 Å². The quantitative estimate of drug-likeness (QED) is 0.149. The number of nitrogens with two attached hydrogens (primary N) is 2. The fraction of sp³-hybridized carbons (Fsp3) is 0.167. The van der Waals surface area contributed by atoms with Crippen LogP contribution in [0.1, 0.15) is 51.4 Å². The maximum absolute atomic E-state index is 13.4. The molecule has 0 saturated heterocycles. The van der Waals surface area contributed by atoms with Crippen LogP contribution in [0.25, 0.3) is 5.70 Å². The zero-order valence-corrected chi connectivity index (χ0v) is 19.0. The summed E-state index contributed by atoms with van der Waals surface area (Å²) in [6.45, 7) is 7.94. The van der Waals surface area contributed by atoms with Gasteiger partial charge in [-0.2, -0.15) is 5.10 Å². The third-order valence-electron chi connectivity index (χ3n) is 5.23. The van der Waals surface area contributed by atoms with Gasteiger partial charge in [0, 0.05) is 18.2 Å². The number of amidine groups is 1. The van der Waals surface area contributed by atoms with Crippen molar-refractivity contribution in [3.63, 3.8) is 0 Å². The number of hydrazone groups is 1. The standard InChI is InChI=1S/C24H27FN8O/c1-14-10-17(4-9-20(14)25)12-28-24(34)22-11-21(29-13-30-22)16(3)31-15(2)18-5-7-19(8-6-18)23(32-26)33-27/h4-11,13,15,31H,3,12,26-27H2,1-2H3,(H,28,34)(H,32,33). The van der Waals surface area contributed by atoms with Gasteiger partial charge in [-0.25, -0.2) is 20.2 Å². The Kier molecular flexibility index (Phi) is 7.88. The summed E-state index contributed by atoms with van der Waals surface area (Å²) in [4.78, 5) is 20.8. The van der Waals surface area contributed by atoms with Gasteiger partial charge in [-0.1, -0.05) is 43.0 Å². The number of carbonyl (C=O) groups excluding carboxylic acids is 1. The Labute approximate surface area is 197 Å². The summed E-state index contributed by atoms with van der Waals surface area (Å²) in [5.74, 6) is 10.4. The molecule has 0 aliphatic rings. The fourth-order valence-corrected chi connectivity index (χ4v) is 3.28. The lowest BCUT2D eigenvalue weighted by atomic mass is 10.1. The largest absolute Gasteiger partial charge is 0.377 e. The first kappa shape index (κ1) is 24.3. The van der Waals surface area contributed by atoms with Crippen LogP contribution in [-0.4, -0.2) is 21.7 Å². The molecular formula is C24H27FN8O. The number of hydrogen-bond acceptors (Lipinski definition) is 7. The van der Waals surface area contributed by atoms with E-state index in [1.54, 1.807) is 25.1 Å². The number of halogens is 1. The number of carbonyl (C=O) groups is 1. The molecule has 2 aromatic carbocycles. The smallest absolute Gasteiger partial charge is 0.270 e. The number of amides is 1. The minimum absolute atomic E-state index is 0.0976. The summed E-state index contributed by atoms with van der Waals surface area (Å²) < 4.78 is 13.4. The number of nitrogens with zero attached hydrogens (tertiary/aromatic N) is 3. The van der Waals surface area contributed by atoms with Crippen molar-refractivity contribution in [2.24, 2.45) is 16.8 Å². The normalized spacial score (nSPS) is 12.1. The van der Waals surface area contributed by atoms with Gasteiger partial charge in [-0.15, -0.1) is 0 Å². The number of rotatable bonds is 8. The Morgan fingerprint density at radius 1 is 1.15 bits per heavy atom. The van der Waals surface area contributed by atoms with E-state index >= 15 is 0 Å². The number of aromatic nitrogens is 2. The van der Waals surface area contributed by atoms with Crippen molar-refractivity contribution in [3.8, 4) is 0 Å². The minimum atomic E-state index is -0.368. The number of hydrogen-bond donors (Lipinski definition) is 5. The molecule has 0 spiro atoms. The topological polar surface area (TPSA) is 143 Å². The van der Waals surface area contributed by atoms with E-state index in [4.69, 9.17) is 11.7 Å². The van der Waals surface area contributed by atoms with Crippen LogP contribution < -0.4 is 27.7 Å². The number of benzene rings is 2. The molecule has 3 rings (SSSR count). The first-order valence-electron chi connectivity index (χ1n) is 10.5. The first-order chi connectivity index (χ1) is 16.3. The molecular weight excluding hydrogens is 435 g/mol. The zero-order chi connectivity index (χ0) is 24.7. The van der Waals surface area contributed by atoms with E-state index in [1.807, 2.05) is 31.2 Å². The molecule has 9 nitrogen and oxygen atoms in total. The number of hydrazine groups is 1. The van der Waals surface area contributed by atoms with Gasteiger partial charge in [-0.3, -0.25) is 4.79 Å². The van der Waals surface area contributed by atoms with Crippen molar-refractivity contribution in [2.75, 3.05) is 0 Å². The maximum Gasteiger partial charge on any atom is 0.270 e. The summed E-state index contributed by atoms with van der Waals surface area (Å²) in [5.41, 5.74) is 6.72. The second kappa shape index (κ2) is 11.0. The molecule has 1 amide bonds. The highest BCUT2D eigenvalue weighted by Gasteiger charge is 2.13. The molecule has 0 aliphatic heterocycles. The SMILES string of the molecule is C=C(NC(C)c1ccc(/C(=N/N)NN)cc1)c1cc(C(=O)NCc2ccc(F)c(C)c2)ncn1. The Hall–Kier alpha value is -4.31. The van der Waals surface area contributed by atoms with Crippen molar-refractivity contribution in [1.82, 2.24) is 26.0 Å². The van der Waals surface area contributed by atoms with Crippen LogP contribution in [0.3, 0.4) is 0 Å². The average molecular weight is 463 g/mol. The molecule has 0 bridgehead atoms. The molecule has 1 atom stereocenters. The van der Waals surface area contributed by atoms with E-state index in [9.17, 15) is 9.18 Å². The summed E-state index contributed by atoms with van der Waals surface area (Å²) in [6.07, 6.45) is 1.31. The van der Waals surface area contributed by atoms with E-state index in [-0.39, 0.29) is 30.0 Å². The summed E-state index contributed by atoms with van der Waals surface area (Å²) in [7, 11) is 0. The molecule has 7 N–H and O–H groups in total. The third kappa shape index (κ3) is 5.93. The van der Waals surface area contributed by atoms with Gasteiger partial charge >= 0.3 is 0 Å². The zero-order valence-electron chi connectivity index (χ0n) is 19.0. The molecule has 0 saturated carbocycles. The molecule has 176 valence electrons. The van der Waals surface area contributed by atoms with Gasteiger partial charge in [-0.05, 0) is 42.7 Å². The molecule has 3 aromatic rings.